The van der Waals surface area contributed by atoms with Gasteiger partial charge in [-0.15, -0.1) is 0 Å². The zero-order valence-corrected chi connectivity index (χ0v) is 13.4. The molecule has 5 heteroatoms. The van der Waals surface area contributed by atoms with Gasteiger partial charge in [0.2, 0.25) is 0 Å². The van der Waals surface area contributed by atoms with E-state index in [4.69, 9.17) is 9.84 Å². The molecule has 3 rings (SSSR count). The van der Waals surface area contributed by atoms with Crippen LogP contribution in [0.2, 0.25) is 0 Å². The van der Waals surface area contributed by atoms with Crippen LogP contribution in [-0.2, 0) is 16.9 Å². The summed E-state index contributed by atoms with van der Waals surface area (Å²) in [5.41, 5.74) is 2.38. The van der Waals surface area contributed by atoms with Crippen molar-refractivity contribution in [2.45, 2.75) is 31.9 Å². The van der Waals surface area contributed by atoms with E-state index in [1.165, 1.54) is 0 Å². The third kappa shape index (κ3) is 3.40. The maximum Gasteiger partial charge on any atom is 0.408 e. The summed E-state index contributed by atoms with van der Waals surface area (Å²) in [4.78, 5) is 23.2. The molecule has 0 bridgehead atoms. The molecule has 2 aromatic carbocycles. The fourth-order valence-corrected chi connectivity index (χ4v) is 2.77. The molecule has 2 aromatic rings. The molecular formula is C19H19NO4. The predicted molar refractivity (Wildman–Crippen MR) is 88.8 cm³/mol. The SMILES string of the molecule is Cc1cc(C2(NC(=O)OCc3ccccc3)CC2)ccc1C(=O)O. The summed E-state index contributed by atoms with van der Waals surface area (Å²) in [5.74, 6) is -0.945. The second kappa shape index (κ2) is 6.35. The van der Waals surface area contributed by atoms with E-state index in [1.54, 1.807) is 19.1 Å². The highest BCUT2D eigenvalue weighted by molar-refractivity contribution is 5.89. The molecule has 1 saturated carbocycles. The van der Waals surface area contributed by atoms with Gasteiger partial charge < -0.3 is 15.2 Å². The lowest BCUT2D eigenvalue weighted by atomic mass is 9.99. The van der Waals surface area contributed by atoms with Gasteiger partial charge in [-0.2, -0.15) is 0 Å². The number of aryl methyl sites for hydroxylation is 1. The first kappa shape index (κ1) is 16.1. The van der Waals surface area contributed by atoms with Crippen molar-refractivity contribution in [2.75, 3.05) is 0 Å². The van der Waals surface area contributed by atoms with Crippen molar-refractivity contribution in [2.24, 2.45) is 0 Å². The summed E-state index contributed by atoms with van der Waals surface area (Å²) in [6.45, 7) is 1.98. The largest absolute Gasteiger partial charge is 0.478 e. The van der Waals surface area contributed by atoms with Crippen molar-refractivity contribution in [1.82, 2.24) is 5.32 Å². The van der Waals surface area contributed by atoms with Crippen LogP contribution in [0.1, 0.15) is 39.9 Å². The van der Waals surface area contributed by atoms with Crippen LogP contribution < -0.4 is 5.32 Å². The number of nitrogens with one attached hydrogen (secondary N) is 1. The normalized spacial score (nSPS) is 14.7. The third-order valence-corrected chi connectivity index (χ3v) is 4.31. The second-order valence-electron chi connectivity index (χ2n) is 6.10. The van der Waals surface area contributed by atoms with E-state index in [9.17, 15) is 9.59 Å². The molecule has 0 saturated heterocycles. The van der Waals surface area contributed by atoms with E-state index in [1.807, 2.05) is 36.4 Å². The van der Waals surface area contributed by atoms with Crippen LogP contribution in [0.15, 0.2) is 48.5 Å². The maximum atomic E-state index is 12.1. The van der Waals surface area contributed by atoms with Gasteiger partial charge in [-0.1, -0.05) is 42.5 Å². The molecule has 124 valence electrons. The lowest BCUT2D eigenvalue weighted by Crippen LogP contribution is -2.35. The fraction of sp³-hybridized carbons (Fsp3) is 0.263. The standard InChI is InChI=1S/C19H19NO4/c1-13-11-15(7-8-16(13)17(21)22)19(9-10-19)20-18(23)24-12-14-5-3-2-4-6-14/h2-8,11H,9-10,12H2,1H3,(H,20,23)(H,21,22). The Labute approximate surface area is 140 Å². The third-order valence-electron chi connectivity index (χ3n) is 4.31. The second-order valence-corrected chi connectivity index (χ2v) is 6.10. The Bertz CT molecular complexity index is 766. The summed E-state index contributed by atoms with van der Waals surface area (Å²) < 4.78 is 5.27. The highest BCUT2D eigenvalue weighted by Gasteiger charge is 2.46. The summed E-state index contributed by atoms with van der Waals surface area (Å²) in [6, 6.07) is 14.7. The molecule has 1 aliphatic rings. The van der Waals surface area contributed by atoms with Crippen LogP contribution in [0.5, 0.6) is 0 Å². The van der Waals surface area contributed by atoms with Crippen molar-refractivity contribution in [3.8, 4) is 0 Å². The zero-order chi connectivity index (χ0) is 17.2. The first-order valence-electron chi connectivity index (χ1n) is 7.83. The number of carboxylic acid groups (broad SMARTS) is 1. The van der Waals surface area contributed by atoms with Gasteiger partial charge in [0.15, 0.2) is 0 Å². The topological polar surface area (TPSA) is 75.6 Å². The molecule has 0 spiro atoms. The number of aromatic carboxylic acids is 1. The van der Waals surface area contributed by atoms with Gasteiger partial charge in [0.1, 0.15) is 6.61 Å². The van der Waals surface area contributed by atoms with E-state index >= 15 is 0 Å². The molecule has 0 atom stereocenters. The van der Waals surface area contributed by atoms with E-state index in [0.29, 0.717) is 5.56 Å². The molecule has 1 amide bonds. The van der Waals surface area contributed by atoms with Gasteiger partial charge >= 0.3 is 12.1 Å². The number of hydrogen-bond acceptors (Lipinski definition) is 3. The molecule has 0 aliphatic heterocycles. The van der Waals surface area contributed by atoms with Gasteiger partial charge in [-0.25, -0.2) is 9.59 Å². The monoisotopic (exact) mass is 325 g/mol. The smallest absolute Gasteiger partial charge is 0.408 e. The van der Waals surface area contributed by atoms with E-state index in [-0.39, 0.29) is 12.2 Å². The van der Waals surface area contributed by atoms with Crippen LogP contribution in [-0.4, -0.2) is 17.2 Å². The average Bonchev–Trinajstić information content (AvgIpc) is 3.34. The van der Waals surface area contributed by atoms with Gasteiger partial charge in [0.05, 0.1) is 11.1 Å². The molecule has 24 heavy (non-hydrogen) atoms. The van der Waals surface area contributed by atoms with Crippen molar-refractivity contribution >= 4 is 12.1 Å². The Balaban J connectivity index is 1.65. The highest BCUT2D eigenvalue weighted by Crippen LogP contribution is 2.46. The van der Waals surface area contributed by atoms with Crippen LogP contribution in [0, 0.1) is 6.92 Å². The quantitative estimate of drug-likeness (QED) is 0.880. The lowest BCUT2D eigenvalue weighted by molar-refractivity contribution is 0.0696. The number of alkyl carbamates (subject to hydrolysis) is 1. The number of carbonyl (C=O) groups is 2. The van der Waals surface area contributed by atoms with Crippen molar-refractivity contribution < 1.29 is 19.4 Å². The van der Waals surface area contributed by atoms with E-state index in [2.05, 4.69) is 5.32 Å². The molecule has 5 nitrogen and oxygen atoms in total. The van der Waals surface area contributed by atoms with Crippen molar-refractivity contribution in [1.29, 1.82) is 0 Å². The number of benzene rings is 2. The highest BCUT2D eigenvalue weighted by atomic mass is 16.5. The van der Waals surface area contributed by atoms with Gasteiger partial charge in [-0.05, 0) is 42.5 Å². The number of rotatable bonds is 5. The van der Waals surface area contributed by atoms with Crippen molar-refractivity contribution in [3.63, 3.8) is 0 Å². The van der Waals surface area contributed by atoms with Gasteiger partial charge in [0, 0.05) is 0 Å². The van der Waals surface area contributed by atoms with E-state index < -0.39 is 17.6 Å². The molecule has 0 radical (unpaired) electrons. The minimum atomic E-state index is -0.945. The Morgan fingerprint density at radius 2 is 1.88 bits per heavy atom. The summed E-state index contributed by atoms with van der Waals surface area (Å²) in [6.07, 6.45) is 1.18. The Morgan fingerprint density at radius 3 is 2.46 bits per heavy atom. The number of carboxylic acids is 1. The molecule has 0 aromatic heterocycles. The van der Waals surface area contributed by atoms with Crippen LogP contribution in [0.25, 0.3) is 0 Å². The van der Waals surface area contributed by atoms with E-state index in [0.717, 1.165) is 24.0 Å². The molecule has 0 heterocycles. The Hall–Kier alpha value is -2.82. The fourth-order valence-electron chi connectivity index (χ4n) is 2.77. The van der Waals surface area contributed by atoms with Gasteiger partial charge in [-0.3, -0.25) is 0 Å². The first-order valence-corrected chi connectivity index (χ1v) is 7.83. The average molecular weight is 325 g/mol. The van der Waals surface area contributed by atoms with Gasteiger partial charge in [0.25, 0.3) is 0 Å². The van der Waals surface area contributed by atoms with Crippen LogP contribution in [0.4, 0.5) is 4.79 Å². The lowest BCUT2D eigenvalue weighted by Gasteiger charge is -2.19. The Kier molecular flexibility index (Phi) is 4.25. The number of hydrogen-bond donors (Lipinski definition) is 2. The minimum absolute atomic E-state index is 0.222. The number of amides is 1. The molecule has 0 unspecified atom stereocenters. The summed E-state index contributed by atoms with van der Waals surface area (Å²) in [7, 11) is 0. The van der Waals surface area contributed by atoms with Crippen molar-refractivity contribution in [3.05, 3.63) is 70.8 Å². The van der Waals surface area contributed by atoms with Crippen LogP contribution >= 0.6 is 0 Å². The number of carbonyl (C=O) groups excluding carboxylic acids is 1. The van der Waals surface area contributed by atoms with Crippen LogP contribution in [0.3, 0.4) is 0 Å². The zero-order valence-electron chi connectivity index (χ0n) is 13.4. The molecule has 1 fully saturated rings. The summed E-state index contributed by atoms with van der Waals surface area (Å²) in [5, 5.41) is 12.0. The molecule has 1 aliphatic carbocycles. The minimum Gasteiger partial charge on any atom is -0.478 e. The predicted octanol–water partition coefficient (Wildman–Crippen LogP) is 3.61. The summed E-state index contributed by atoms with van der Waals surface area (Å²) >= 11 is 0. The molecule has 2 N–H and O–H groups in total. The maximum absolute atomic E-state index is 12.1. The molecular weight excluding hydrogens is 306 g/mol. The first-order chi connectivity index (χ1) is 11.5. The number of ether oxygens (including phenoxy) is 1. The Morgan fingerprint density at radius 1 is 1.17 bits per heavy atom.